The van der Waals surface area contributed by atoms with Crippen LogP contribution in [0.5, 0.6) is 23.0 Å². The fourth-order valence-corrected chi connectivity index (χ4v) is 4.83. The van der Waals surface area contributed by atoms with Gasteiger partial charge in [-0.15, -0.1) is 0 Å². The summed E-state index contributed by atoms with van der Waals surface area (Å²) in [5.74, 6) is 0.224. The predicted octanol–water partition coefficient (Wildman–Crippen LogP) is 4.87. The van der Waals surface area contributed by atoms with Crippen LogP contribution in [-0.4, -0.2) is 51.5 Å². The molecule has 200 valence electrons. The van der Waals surface area contributed by atoms with Crippen molar-refractivity contribution in [1.82, 2.24) is 0 Å². The van der Waals surface area contributed by atoms with Gasteiger partial charge < -0.3 is 33.7 Å². The second-order valence-electron chi connectivity index (χ2n) is 8.46. The Hall–Kier alpha value is -3.95. The number of halogens is 1. The highest BCUT2D eigenvalue weighted by atomic mass is 35.5. The smallest absolute Gasteiger partial charge is 0.306 e. The van der Waals surface area contributed by atoms with Crippen molar-refractivity contribution in [3.05, 3.63) is 76.3 Å². The lowest BCUT2D eigenvalue weighted by molar-refractivity contribution is -0.147. The molecule has 0 bridgehead atoms. The molecule has 3 aromatic rings. The summed E-state index contributed by atoms with van der Waals surface area (Å²) in [4.78, 5) is 27.2. The Morgan fingerprint density at radius 3 is 2.37 bits per heavy atom. The molecule has 4 rings (SSSR count). The first-order chi connectivity index (χ1) is 18.3. The van der Waals surface area contributed by atoms with Gasteiger partial charge in [-0.05, 0) is 30.3 Å². The molecule has 0 radical (unpaired) electrons. The molecule has 1 aliphatic rings. The number of carboxylic acid groups (broad SMARTS) is 1. The normalized spacial score (nSPS) is 16.9. The molecule has 1 aliphatic heterocycles. The van der Waals surface area contributed by atoms with E-state index in [1.807, 2.05) is 0 Å². The Labute approximate surface area is 225 Å². The van der Waals surface area contributed by atoms with Gasteiger partial charge in [-0.25, -0.2) is 0 Å². The highest BCUT2D eigenvalue weighted by molar-refractivity contribution is 6.32. The molecular weight excluding hydrogens is 514 g/mol. The van der Waals surface area contributed by atoms with E-state index in [1.165, 1.54) is 26.2 Å². The molecule has 1 amide bonds. The Kier molecular flexibility index (Phi) is 8.29. The van der Waals surface area contributed by atoms with E-state index < -0.39 is 30.5 Å². The number of ether oxygens (including phenoxy) is 5. The Morgan fingerprint density at radius 1 is 0.974 bits per heavy atom. The molecule has 9 nitrogen and oxygen atoms in total. The third kappa shape index (κ3) is 5.20. The number of benzene rings is 3. The summed E-state index contributed by atoms with van der Waals surface area (Å²) in [6, 6.07) is 15.7. The van der Waals surface area contributed by atoms with E-state index in [0.717, 1.165) is 0 Å². The predicted molar refractivity (Wildman–Crippen MR) is 141 cm³/mol. The first kappa shape index (κ1) is 27.1. The first-order valence-corrected chi connectivity index (χ1v) is 12.1. The topological polar surface area (TPSA) is 104 Å². The molecule has 0 spiro atoms. The number of nitrogens with zero attached hydrogens (tertiary/aromatic N) is 1. The van der Waals surface area contributed by atoms with E-state index in [1.54, 1.807) is 61.7 Å². The summed E-state index contributed by atoms with van der Waals surface area (Å²) >= 11 is 6.75. The number of hydrogen-bond donors (Lipinski definition) is 1. The van der Waals surface area contributed by atoms with E-state index >= 15 is 0 Å². The molecule has 2 atom stereocenters. The SMILES string of the molecule is COc1ccc(CN2C(=O)[C@H](CC(=O)O)O[C@@H](c3cccc(OC)c3OC)c3c(Cl)cccc32)c(OC)c1. The minimum absolute atomic E-state index is 0.0702. The molecule has 1 N–H and O–H groups in total. The van der Waals surface area contributed by atoms with Crippen LogP contribution in [-0.2, 0) is 20.9 Å². The number of aliphatic carboxylic acids is 1. The Bertz CT molecular complexity index is 1340. The summed E-state index contributed by atoms with van der Waals surface area (Å²) < 4.78 is 28.2. The van der Waals surface area contributed by atoms with E-state index in [0.29, 0.717) is 50.4 Å². The van der Waals surface area contributed by atoms with Gasteiger partial charge in [-0.2, -0.15) is 0 Å². The number of carboxylic acids is 1. The number of rotatable bonds is 9. The first-order valence-electron chi connectivity index (χ1n) is 11.7. The molecule has 3 aromatic carbocycles. The van der Waals surface area contributed by atoms with E-state index in [4.69, 9.17) is 35.3 Å². The monoisotopic (exact) mass is 541 g/mol. The van der Waals surface area contributed by atoms with E-state index in [-0.39, 0.29) is 6.54 Å². The van der Waals surface area contributed by atoms with Crippen molar-refractivity contribution in [1.29, 1.82) is 0 Å². The second kappa shape index (κ2) is 11.6. The van der Waals surface area contributed by atoms with Crippen molar-refractivity contribution in [2.45, 2.75) is 25.2 Å². The van der Waals surface area contributed by atoms with Gasteiger partial charge in [-0.3, -0.25) is 9.59 Å². The van der Waals surface area contributed by atoms with Crippen LogP contribution in [0.2, 0.25) is 5.02 Å². The van der Waals surface area contributed by atoms with Gasteiger partial charge in [0, 0.05) is 27.8 Å². The van der Waals surface area contributed by atoms with E-state index in [9.17, 15) is 14.7 Å². The third-order valence-electron chi connectivity index (χ3n) is 6.32. The fourth-order valence-electron chi connectivity index (χ4n) is 4.56. The minimum Gasteiger partial charge on any atom is -0.497 e. The van der Waals surface area contributed by atoms with Crippen molar-refractivity contribution in [2.24, 2.45) is 0 Å². The molecule has 10 heteroatoms. The zero-order valence-electron chi connectivity index (χ0n) is 21.4. The summed E-state index contributed by atoms with van der Waals surface area (Å²) in [6.45, 7) is 0.0702. The summed E-state index contributed by atoms with van der Waals surface area (Å²) in [5, 5.41) is 9.99. The minimum atomic E-state index is -1.32. The van der Waals surface area contributed by atoms with Crippen LogP contribution in [0.4, 0.5) is 5.69 Å². The lowest BCUT2D eigenvalue weighted by Crippen LogP contribution is -2.40. The lowest BCUT2D eigenvalue weighted by atomic mass is 9.97. The molecule has 0 fully saturated rings. The quantitative estimate of drug-likeness (QED) is 0.409. The van der Waals surface area contributed by atoms with Crippen LogP contribution < -0.4 is 23.8 Å². The molecule has 0 saturated heterocycles. The van der Waals surface area contributed by atoms with Crippen molar-refractivity contribution < 1.29 is 38.4 Å². The maximum Gasteiger partial charge on any atom is 0.306 e. The molecule has 0 unspecified atom stereocenters. The number of amides is 1. The van der Waals surface area contributed by atoms with Gasteiger partial charge in [0.1, 0.15) is 23.7 Å². The molecule has 1 heterocycles. The van der Waals surface area contributed by atoms with Crippen LogP contribution in [0.15, 0.2) is 54.6 Å². The number of fused-ring (bicyclic) bond motifs is 1. The summed E-state index contributed by atoms with van der Waals surface area (Å²) in [7, 11) is 6.07. The zero-order valence-corrected chi connectivity index (χ0v) is 22.2. The molecule has 0 aliphatic carbocycles. The maximum atomic E-state index is 13.9. The molecule has 0 saturated carbocycles. The van der Waals surface area contributed by atoms with Crippen molar-refractivity contribution in [3.63, 3.8) is 0 Å². The van der Waals surface area contributed by atoms with Crippen molar-refractivity contribution in [2.75, 3.05) is 33.3 Å². The average molecular weight is 542 g/mol. The van der Waals surface area contributed by atoms with Crippen LogP contribution in [0.3, 0.4) is 0 Å². The van der Waals surface area contributed by atoms with Crippen LogP contribution in [0, 0.1) is 0 Å². The largest absolute Gasteiger partial charge is 0.497 e. The Morgan fingerprint density at radius 2 is 1.71 bits per heavy atom. The number of methoxy groups -OCH3 is 4. The summed E-state index contributed by atoms with van der Waals surface area (Å²) in [5.41, 5.74) is 2.19. The van der Waals surface area contributed by atoms with Gasteiger partial charge in [0.15, 0.2) is 11.5 Å². The number of anilines is 1. The average Bonchev–Trinajstić information content (AvgIpc) is 3.03. The van der Waals surface area contributed by atoms with Crippen LogP contribution in [0.1, 0.15) is 29.2 Å². The molecule has 38 heavy (non-hydrogen) atoms. The molecular formula is C28H28ClNO8. The van der Waals surface area contributed by atoms with Gasteiger partial charge in [0.05, 0.1) is 47.1 Å². The number of hydrogen-bond acceptors (Lipinski definition) is 7. The summed E-state index contributed by atoms with van der Waals surface area (Å²) in [6.07, 6.45) is -2.80. The van der Waals surface area contributed by atoms with Gasteiger partial charge >= 0.3 is 5.97 Å². The highest BCUT2D eigenvalue weighted by Crippen LogP contribution is 2.47. The molecule has 0 aromatic heterocycles. The highest BCUT2D eigenvalue weighted by Gasteiger charge is 2.40. The van der Waals surface area contributed by atoms with Gasteiger partial charge in [-0.1, -0.05) is 29.8 Å². The van der Waals surface area contributed by atoms with Crippen LogP contribution in [0.25, 0.3) is 0 Å². The second-order valence-corrected chi connectivity index (χ2v) is 8.87. The number of carbonyl (C=O) groups excluding carboxylic acids is 1. The van der Waals surface area contributed by atoms with Crippen LogP contribution >= 0.6 is 11.6 Å². The third-order valence-corrected chi connectivity index (χ3v) is 6.65. The van der Waals surface area contributed by atoms with Crippen molar-refractivity contribution >= 4 is 29.2 Å². The zero-order chi connectivity index (χ0) is 27.4. The Balaban J connectivity index is 1.92. The standard InChI is InChI=1S/C28H28ClNO8/c1-34-17-12-11-16(22(13-17)36-3)15-30-20-9-6-8-19(29)25(20)27(38-23(28(30)33)14-24(31)32)18-7-5-10-21(35-2)26(18)37-4/h5-13,23,27H,14-15H2,1-4H3,(H,31,32)/t23-,27-/m0/s1. The maximum absolute atomic E-state index is 13.9. The van der Waals surface area contributed by atoms with Crippen molar-refractivity contribution in [3.8, 4) is 23.0 Å². The lowest BCUT2D eigenvalue weighted by Gasteiger charge is -2.26. The van der Waals surface area contributed by atoms with E-state index in [2.05, 4.69) is 0 Å². The fraction of sp³-hybridized carbons (Fsp3) is 0.286. The van der Waals surface area contributed by atoms with Gasteiger partial charge in [0.25, 0.3) is 5.91 Å². The number of para-hydroxylation sites is 1. The van der Waals surface area contributed by atoms with Gasteiger partial charge in [0.2, 0.25) is 0 Å². The number of carbonyl (C=O) groups is 2.